The van der Waals surface area contributed by atoms with Gasteiger partial charge in [-0.2, -0.15) is 0 Å². The predicted octanol–water partition coefficient (Wildman–Crippen LogP) is -0.939. The smallest absolute Gasteiger partial charge is 0.243 e. The fourth-order valence-corrected chi connectivity index (χ4v) is 1.66. The van der Waals surface area contributed by atoms with Crippen LogP contribution in [0.5, 0.6) is 0 Å². The minimum atomic E-state index is -0.292. The highest BCUT2D eigenvalue weighted by Crippen LogP contribution is 2.03. The van der Waals surface area contributed by atoms with Crippen molar-refractivity contribution in [1.82, 2.24) is 10.6 Å². The van der Waals surface area contributed by atoms with Gasteiger partial charge in [-0.15, -0.1) is 0 Å². The summed E-state index contributed by atoms with van der Waals surface area (Å²) < 4.78 is 15.4. The van der Waals surface area contributed by atoms with Gasteiger partial charge in [-0.1, -0.05) is 0 Å². The third kappa shape index (κ3) is 7.22. The van der Waals surface area contributed by atoms with E-state index in [1.54, 1.807) is 7.11 Å². The number of carbonyl (C=O) groups is 2. The monoisotopic (exact) mass is 274 g/mol. The van der Waals surface area contributed by atoms with Crippen molar-refractivity contribution in [3.05, 3.63) is 0 Å². The van der Waals surface area contributed by atoms with Gasteiger partial charge in [0.2, 0.25) is 11.8 Å². The van der Waals surface area contributed by atoms with Crippen molar-refractivity contribution >= 4 is 11.8 Å². The second-order valence-electron chi connectivity index (χ2n) is 4.18. The van der Waals surface area contributed by atoms with E-state index in [1.807, 2.05) is 0 Å². The standard InChI is InChI=1S/C12H22N2O5/c1-17-6-7-19-9-8-18-5-4-13-10-2-3-11(15)14-12(10)16/h10,13H,2-9H2,1H3,(H,14,15,16). The first-order valence-corrected chi connectivity index (χ1v) is 6.45. The molecule has 0 radical (unpaired) electrons. The number of piperidine rings is 1. The van der Waals surface area contributed by atoms with Crippen LogP contribution in [0.1, 0.15) is 12.8 Å². The SMILES string of the molecule is COCCOCCOCCNC1CCC(=O)NC1=O. The molecule has 0 bridgehead atoms. The molecule has 0 spiro atoms. The summed E-state index contributed by atoms with van der Waals surface area (Å²) in [5.74, 6) is -0.452. The molecule has 0 aromatic carbocycles. The summed E-state index contributed by atoms with van der Waals surface area (Å²) in [5.41, 5.74) is 0. The van der Waals surface area contributed by atoms with Crippen LogP contribution in [-0.2, 0) is 23.8 Å². The van der Waals surface area contributed by atoms with E-state index in [0.29, 0.717) is 52.4 Å². The van der Waals surface area contributed by atoms with Gasteiger partial charge < -0.3 is 19.5 Å². The summed E-state index contributed by atoms with van der Waals surface area (Å²) in [4.78, 5) is 22.3. The zero-order valence-electron chi connectivity index (χ0n) is 11.3. The number of carbonyl (C=O) groups excluding carboxylic acids is 2. The fourth-order valence-electron chi connectivity index (χ4n) is 1.66. The molecule has 0 aliphatic carbocycles. The van der Waals surface area contributed by atoms with E-state index in [0.717, 1.165) is 0 Å². The predicted molar refractivity (Wildman–Crippen MR) is 67.7 cm³/mol. The molecule has 1 rings (SSSR count). The molecular formula is C12H22N2O5. The van der Waals surface area contributed by atoms with Crippen molar-refractivity contribution in [3.63, 3.8) is 0 Å². The molecule has 2 N–H and O–H groups in total. The van der Waals surface area contributed by atoms with E-state index < -0.39 is 0 Å². The lowest BCUT2D eigenvalue weighted by Gasteiger charge is -2.21. The maximum absolute atomic E-state index is 11.4. The number of ether oxygens (including phenoxy) is 3. The van der Waals surface area contributed by atoms with Crippen LogP contribution >= 0.6 is 0 Å². The van der Waals surface area contributed by atoms with Gasteiger partial charge in [-0.25, -0.2) is 0 Å². The molecule has 1 atom stereocenters. The van der Waals surface area contributed by atoms with Crippen LogP contribution in [0.3, 0.4) is 0 Å². The molecule has 1 unspecified atom stereocenters. The van der Waals surface area contributed by atoms with E-state index >= 15 is 0 Å². The maximum atomic E-state index is 11.4. The van der Waals surface area contributed by atoms with Gasteiger partial charge in [0.25, 0.3) is 0 Å². The fraction of sp³-hybridized carbons (Fsp3) is 0.833. The van der Waals surface area contributed by atoms with Crippen LogP contribution < -0.4 is 10.6 Å². The van der Waals surface area contributed by atoms with Crippen LogP contribution in [0.4, 0.5) is 0 Å². The quantitative estimate of drug-likeness (QED) is 0.395. The number of hydrogen-bond donors (Lipinski definition) is 2. The average Bonchev–Trinajstić information content (AvgIpc) is 2.39. The molecule has 0 aromatic heterocycles. The number of nitrogens with one attached hydrogen (secondary N) is 2. The van der Waals surface area contributed by atoms with Crippen LogP contribution in [0.15, 0.2) is 0 Å². The van der Waals surface area contributed by atoms with E-state index in [-0.39, 0.29) is 17.9 Å². The van der Waals surface area contributed by atoms with Crippen molar-refractivity contribution in [2.75, 3.05) is 46.7 Å². The minimum Gasteiger partial charge on any atom is -0.382 e. The Balaban J connectivity index is 1.90. The molecular weight excluding hydrogens is 252 g/mol. The highest BCUT2D eigenvalue weighted by Gasteiger charge is 2.25. The van der Waals surface area contributed by atoms with Gasteiger partial charge in [0.05, 0.1) is 39.1 Å². The summed E-state index contributed by atoms with van der Waals surface area (Å²) in [6.07, 6.45) is 0.933. The first kappa shape index (κ1) is 16.0. The van der Waals surface area contributed by atoms with E-state index in [4.69, 9.17) is 14.2 Å². The highest BCUT2D eigenvalue weighted by atomic mass is 16.5. The van der Waals surface area contributed by atoms with E-state index in [2.05, 4.69) is 10.6 Å². The Morgan fingerprint density at radius 1 is 1.16 bits per heavy atom. The minimum absolute atomic E-state index is 0.201. The van der Waals surface area contributed by atoms with Crippen molar-refractivity contribution in [3.8, 4) is 0 Å². The molecule has 1 aliphatic heterocycles. The summed E-state index contributed by atoms with van der Waals surface area (Å²) in [6.45, 7) is 3.27. The van der Waals surface area contributed by atoms with Gasteiger partial charge in [-0.3, -0.25) is 14.9 Å². The van der Waals surface area contributed by atoms with E-state index in [9.17, 15) is 9.59 Å². The zero-order chi connectivity index (χ0) is 13.9. The molecule has 19 heavy (non-hydrogen) atoms. The maximum Gasteiger partial charge on any atom is 0.243 e. The van der Waals surface area contributed by atoms with Gasteiger partial charge in [0.15, 0.2) is 0 Å². The largest absolute Gasteiger partial charge is 0.382 e. The van der Waals surface area contributed by atoms with Crippen molar-refractivity contribution in [1.29, 1.82) is 0 Å². The Hall–Kier alpha value is -1.02. The normalized spacial score (nSPS) is 19.5. The Labute approximate surface area is 113 Å². The third-order valence-electron chi connectivity index (χ3n) is 2.68. The molecule has 1 aliphatic rings. The molecule has 7 nitrogen and oxygen atoms in total. The van der Waals surface area contributed by atoms with Gasteiger partial charge in [0.1, 0.15) is 0 Å². The van der Waals surface area contributed by atoms with Crippen LogP contribution in [-0.4, -0.2) is 64.5 Å². The van der Waals surface area contributed by atoms with Crippen LogP contribution in [0, 0.1) is 0 Å². The summed E-state index contributed by atoms with van der Waals surface area (Å²) in [7, 11) is 1.63. The summed E-state index contributed by atoms with van der Waals surface area (Å²) in [5, 5.41) is 5.35. The number of imide groups is 1. The van der Waals surface area contributed by atoms with Gasteiger partial charge in [-0.05, 0) is 6.42 Å². The second kappa shape index (κ2) is 9.85. The van der Waals surface area contributed by atoms with Gasteiger partial charge in [0, 0.05) is 20.1 Å². The van der Waals surface area contributed by atoms with Crippen molar-refractivity contribution in [2.45, 2.75) is 18.9 Å². The molecule has 2 amide bonds. The summed E-state index contributed by atoms with van der Waals surface area (Å²) in [6, 6.07) is -0.292. The molecule has 7 heteroatoms. The van der Waals surface area contributed by atoms with Crippen molar-refractivity contribution in [2.24, 2.45) is 0 Å². The molecule has 0 aromatic rings. The Kier molecular flexibility index (Phi) is 8.31. The number of methoxy groups -OCH3 is 1. The number of amides is 2. The Morgan fingerprint density at radius 2 is 1.84 bits per heavy atom. The number of hydrogen-bond acceptors (Lipinski definition) is 6. The zero-order valence-corrected chi connectivity index (χ0v) is 11.3. The highest BCUT2D eigenvalue weighted by molar-refractivity contribution is 6.00. The molecule has 0 saturated carbocycles. The topological polar surface area (TPSA) is 85.9 Å². The Morgan fingerprint density at radius 3 is 2.53 bits per heavy atom. The van der Waals surface area contributed by atoms with Crippen LogP contribution in [0.2, 0.25) is 0 Å². The lowest BCUT2D eigenvalue weighted by Crippen LogP contribution is -2.51. The third-order valence-corrected chi connectivity index (χ3v) is 2.68. The molecule has 1 fully saturated rings. The Bertz CT molecular complexity index is 285. The van der Waals surface area contributed by atoms with Crippen molar-refractivity contribution < 1.29 is 23.8 Å². The molecule has 110 valence electrons. The average molecular weight is 274 g/mol. The first-order chi connectivity index (χ1) is 9.24. The van der Waals surface area contributed by atoms with Gasteiger partial charge >= 0.3 is 0 Å². The number of rotatable bonds is 10. The first-order valence-electron chi connectivity index (χ1n) is 6.45. The summed E-state index contributed by atoms with van der Waals surface area (Å²) >= 11 is 0. The molecule has 1 heterocycles. The lowest BCUT2D eigenvalue weighted by molar-refractivity contribution is -0.134. The second-order valence-corrected chi connectivity index (χ2v) is 4.18. The van der Waals surface area contributed by atoms with Crippen LogP contribution in [0.25, 0.3) is 0 Å². The molecule has 1 saturated heterocycles. The lowest BCUT2D eigenvalue weighted by atomic mass is 10.1. The van der Waals surface area contributed by atoms with E-state index in [1.165, 1.54) is 0 Å².